The van der Waals surface area contributed by atoms with E-state index in [2.05, 4.69) is 48.0 Å². The summed E-state index contributed by atoms with van der Waals surface area (Å²) in [6.45, 7) is 12.2. The van der Waals surface area contributed by atoms with Gasteiger partial charge in [0, 0.05) is 56.4 Å². The highest BCUT2D eigenvalue weighted by Crippen LogP contribution is 2.66. The van der Waals surface area contributed by atoms with E-state index in [4.69, 9.17) is 4.74 Å². The molecule has 8 nitrogen and oxygen atoms in total. The third-order valence-corrected chi connectivity index (χ3v) is 11.8. The van der Waals surface area contributed by atoms with Gasteiger partial charge in [0.25, 0.3) is 0 Å². The number of carbonyl (C=O) groups excluding carboxylic acids is 1. The molecule has 0 radical (unpaired) electrons. The number of piperazine rings is 1. The fourth-order valence-corrected chi connectivity index (χ4v) is 9.64. The summed E-state index contributed by atoms with van der Waals surface area (Å²) in [5.41, 5.74) is 1.85. The number of hydrogen-bond donors (Lipinski definition) is 1. The number of para-hydroxylation sites is 1. The van der Waals surface area contributed by atoms with Crippen LogP contribution < -0.4 is 10.2 Å². The zero-order valence-corrected chi connectivity index (χ0v) is 22.9. The average molecular weight is 519 g/mol. The number of nitrogens with zero attached hydrogens (tertiary/aromatic N) is 3. The molecule has 1 amide bonds. The second-order valence-corrected chi connectivity index (χ2v) is 13.8. The molecule has 2 heterocycles. The molecule has 9 heteroatoms. The highest BCUT2D eigenvalue weighted by atomic mass is 32.2. The minimum atomic E-state index is -3.46. The van der Waals surface area contributed by atoms with Gasteiger partial charge in [-0.3, -0.25) is 9.69 Å². The molecule has 36 heavy (non-hydrogen) atoms. The van der Waals surface area contributed by atoms with E-state index in [9.17, 15) is 13.2 Å². The molecule has 2 bridgehead atoms. The van der Waals surface area contributed by atoms with Crippen molar-refractivity contribution < 1.29 is 17.9 Å². The van der Waals surface area contributed by atoms with Gasteiger partial charge in [0.2, 0.25) is 15.9 Å². The lowest BCUT2D eigenvalue weighted by molar-refractivity contribution is -0.125. The minimum absolute atomic E-state index is 0.00821. The molecule has 2 saturated carbocycles. The molecular formula is C27H42N4O4S. The Bertz CT molecular complexity index is 1060. The molecule has 5 rings (SSSR count). The lowest BCUT2D eigenvalue weighted by Gasteiger charge is -2.44. The van der Waals surface area contributed by atoms with Crippen molar-refractivity contribution in [1.82, 2.24) is 14.5 Å². The third kappa shape index (κ3) is 4.68. The number of sulfonamides is 1. The first-order valence-electron chi connectivity index (χ1n) is 13.5. The molecule has 4 aliphatic rings. The molecule has 0 spiro atoms. The number of rotatable bonds is 7. The highest BCUT2D eigenvalue weighted by molar-refractivity contribution is 7.89. The highest BCUT2D eigenvalue weighted by Gasteiger charge is 2.65. The van der Waals surface area contributed by atoms with Crippen molar-refractivity contribution in [3.63, 3.8) is 0 Å². The summed E-state index contributed by atoms with van der Waals surface area (Å²) in [6, 6.07) is 8.19. The van der Waals surface area contributed by atoms with E-state index in [0.717, 1.165) is 32.4 Å². The Morgan fingerprint density at radius 1 is 1.08 bits per heavy atom. The summed E-state index contributed by atoms with van der Waals surface area (Å²) < 4.78 is 34.8. The molecule has 3 unspecified atom stereocenters. The van der Waals surface area contributed by atoms with Gasteiger partial charge in [0.05, 0.1) is 25.5 Å². The number of hydrogen-bond acceptors (Lipinski definition) is 6. The average Bonchev–Trinajstić information content (AvgIpc) is 3.20. The smallest absolute Gasteiger partial charge is 0.234 e. The molecule has 2 aliphatic heterocycles. The summed E-state index contributed by atoms with van der Waals surface area (Å²) >= 11 is 0. The Labute approximate surface area is 216 Å². The first-order valence-corrected chi connectivity index (χ1v) is 15.1. The van der Waals surface area contributed by atoms with Gasteiger partial charge in [-0.15, -0.1) is 0 Å². The summed E-state index contributed by atoms with van der Waals surface area (Å²) in [4.78, 5) is 17.4. The van der Waals surface area contributed by atoms with Crippen LogP contribution in [0.15, 0.2) is 24.3 Å². The fraction of sp³-hybridized carbons (Fsp3) is 0.741. The van der Waals surface area contributed by atoms with Crippen molar-refractivity contribution in [3.8, 4) is 0 Å². The summed E-state index contributed by atoms with van der Waals surface area (Å²) in [7, 11) is -3.46. The minimum Gasteiger partial charge on any atom is -0.379 e. The predicted octanol–water partition coefficient (Wildman–Crippen LogP) is 2.09. The maximum Gasteiger partial charge on any atom is 0.234 e. The maximum atomic E-state index is 13.8. The molecule has 0 aromatic heterocycles. The molecule has 2 saturated heterocycles. The van der Waals surface area contributed by atoms with Crippen LogP contribution in [0.1, 0.15) is 38.7 Å². The largest absolute Gasteiger partial charge is 0.379 e. The van der Waals surface area contributed by atoms with Crippen molar-refractivity contribution in [2.75, 3.05) is 69.7 Å². The number of anilines is 1. The molecule has 4 fully saturated rings. The van der Waals surface area contributed by atoms with Crippen LogP contribution in [-0.4, -0.2) is 94.4 Å². The Morgan fingerprint density at radius 3 is 2.44 bits per heavy atom. The summed E-state index contributed by atoms with van der Waals surface area (Å²) in [6.07, 6.45) is 2.77. The zero-order valence-electron chi connectivity index (χ0n) is 22.0. The summed E-state index contributed by atoms with van der Waals surface area (Å²) in [5.74, 6) is 0.573. The number of carbonyl (C=O) groups is 1. The van der Waals surface area contributed by atoms with Crippen LogP contribution in [0.5, 0.6) is 0 Å². The quantitative estimate of drug-likeness (QED) is 0.595. The Morgan fingerprint density at radius 2 is 1.78 bits per heavy atom. The molecule has 1 aromatic carbocycles. The van der Waals surface area contributed by atoms with E-state index in [1.165, 1.54) is 11.3 Å². The van der Waals surface area contributed by atoms with Gasteiger partial charge < -0.3 is 15.0 Å². The number of amides is 1. The van der Waals surface area contributed by atoms with Gasteiger partial charge in [-0.1, -0.05) is 32.0 Å². The van der Waals surface area contributed by atoms with E-state index in [1.807, 2.05) is 12.1 Å². The van der Waals surface area contributed by atoms with Gasteiger partial charge in [-0.2, -0.15) is 4.31 Å². The molecule has 2 aliphatic carbocycles. The van der Waals surface area contributed by atoms with Crippen LogP contribution in [0.3, 0.4) is 0 Å². The summed E-state index contributed by atoms with van der Waals surface area (Å²) in [5, 5.41) is 3.30. The predicted molar refractivity (Wildman–Crippen MR) is 141 cm³/mol. The number of aryl methyl sites for hydroxylation is 1. The topological polar surface area (TPSA) is 82.2 Å². The van der Waals surface area contributed by atoms with Crippen molar-refractivity contribution in [3.05, 3.63) is 29.8 Å². The number of ether oxygens (including phenoxy) is 1. The van der Waals surface area contributed by atoms with Crippen molar-refractivity contribution in [2.45, 2.75) is 46.1 Å². The van der Waals surface area contributed by atoms with Crippen LogP contribution >= 0.6 is 0 Å². The van der Waals surface area contributed by atoms with Gasteiger partial charge >= 0.3 is 0 Å². The second kappa shape index (κ2) is 9.89. The number of nitrogens with one attached hydrogen (secondary N) is 1. The van der Waals surface area contributed by atoms with E-state index >= 15 is 0 Å². The Hall–Kier alpha value is -1.68. The first kappa shape index (κ1) is 25.9. The van der Waals surface area contributed by atoms with E-state index in [0.29, 0.717) is 51.9 Å². The molecule has 1 aromatic rings. The number of fused-ring (bicyclic) bond motifs is 2. The Kier molecular flexibility index (Phi) is 7.13. The number of morpholine rings is 1. The number of benzene rings is 1. The van der Waals surface area contributed by atoms with Crippen LogP contribution in [0.25, 0.3) is 0 Å². The van der Waals surface area contributed by atoms with Crippen molar-refractivity contribution >= 4 is 21.6 Å². The first-order chi connectivity index (χ1) is 17.1. The maximum absolute atomic E-state index is 13.8. The third-order valence-electron chi connectivity index (χ3n) is 9.76. The lowest BCUT2D eigenvalue weighted by Crippen LogP contribution is -2.57. The van der Waals surface area contributed by atoms with Crippen LogP contribution in [0.4, 0.5) is 5.69 Å². The molecule has 1 N–H and O–H groups in total. The standard InChI is InChI=1S/C27H42N4O4S/c1-21-6-4-5-7-23(21)30-10-12-31(13-11-30)36(33,34)20-27-9-8-22(26(27,2)3)18-24(27)28-25(32)19-29-14-16-35-17-15-29/h4-7,22,24H,8-20H2,1-3H3,(H,28,32). The molecular weight excluding hydrogens is 476 g/mol. The zero-order chi connectivity index (χ0) is 25.6. The normalized spacial score (nSPS) is 31.0. The SMILES string of the molecule is Cc1ccccc1N1CCN(S(=O)(=O)CC23CCC(CC2NC(=O)CN2CCOCC2)C3(C)C)CC1. The second-order valence-electron chi connectivity index (χ2n) is 11.8. The molecule has 200 valence electrons. The monoisotopic (exact) mass is 518 g/mol. The van der Waals surface area contributed by atoms with Gasteiger partial charge in [0.15, 0.2) is 0 Å². The molecule has 3 atom stereocenters. The van der Waals surface area contributed by atoms with Crippen molar-refractivity contribution in [2.24, 2.45) is 16.7 Å². The van der Waals surface area contributed by atoms with Crippen molar-refractivity contribution in [1.29, 1.82) is 0 Å². The van der Waals surface area contributed by atoms with E-state index < -0.39 is 15.4 Å². The van der Waals surface area contributed by atoms with E-state index in [1.54, 1.807) is 4.31 Å². The van der Waals surface area contributed by atoms with Crippen LogP contribution in [-0.2, 0) is 19.6 Å². The lowest BCUT2D eigenvalue weighted by atomic mass is 9.69. The fourth-order valence-electron chi connectivity index (χ4n) is 7.37. The van der Waals surface area contributed by atoms with Gasteiger partial charge in [0.1, 0.15) is 0 Å². The van der Waals surface area contributed by atoms with Crippen LogP contribution in [0, 0.1) is 23.7 Å². The van der Waals surface area contributed by atoms with Gasteiger partial charge in [-0.25, -0.2) is 8.42 Å². The van der Waals surface area contributed by atoms with Gasteiger partial charge in [-0.05, 0) is 49.1 Å². The van der Waals surface area contributed by atoms with E-state index in [-0.39, 0.29) is 23.1 Å². The Balaban J connectivity index is 1.27. The van der Waals surface area contributed by atoms with Crippen LogP contribution in [0.2, 0.25) is 0 Å².